The standard InChI is InChI=1S/C20H23N3O2/c1-15-7-8-22-20(19(15)11-21)23-12-16-4-2-5-17(10-16)13-24-14-18-6-3-9-25-18/h2,4-5,7-8,10,18H,3,6,9,12-14H2,1H3,(H,22,23). The lowest BCUT2D eigenvalue weighted by Crippen LogP contribution is -2.13. The summed E-state index contributed by atoms with van der Waals surface area (Å²) in [7, 11) is 0. The first-order valence-electron chi connectivity index (χ1n) is 8.63. The molecule has 0 bridgehead atoms. The molecule has 0 saturated carbocycles. The van der Waals surface area contributed by atoms with Crippen LogP contribution in [0.4, 0.5) is 5.82 Å². The minimum Gasteiger partial charge on any atom is -0.376 e. The Hall–Kier alpha value is -2.42. The minimum absolute atomic E-state index is 0.252. The maximum Gasteiger partial charge on any atom is 0.144 e. The van der Waals surface area contributed by atoms with Gasteiger partial charge >= 0.3 is 0 Å². The Bertz CT molecular complexity index is 749. The highest BCUT2D eigenvalue weighted by Gasteiger charge is 2.15. The van der Waals surface area contributed by atoms with Crippen LogP contribution in [0.3, 0.4) is 0 Å². The van der Waals surface area contributed by atoms with Crippen molar-refractivity contribution in [3.05, 3.63) is 58.8 Å². The van der Waals surface area contributed by atoms with Crippen molar-refractivity contribution in [3.8, 4) is 6.07 Å². The lowest BCUT2D eigenvalue weighted by molar-refractivity contribution is 0.0106. The molecule has 0 spiro atoms. The lowest BCUT2D eigenvalue weighted by Gasteiger charge is -2.12. The summed E-state index contributed by atoms with van der Waals surface area (Å²) in [6.45, 7) is 4.62. The first-order chi connectivity index (χ1) is 12.3. The monoisotopic (exact) mass is 337 g/mol. The molecule has 1 aromatic heterocycles. The third-order valence-electron chi connectivity index (χ3n) is 4.32. The van der Waals surface area contributed by atoms with Crippen LogP contribution in [0.5, 0.6) is 0 Å². The Morgan fingerprint density at radius 3 is 3.04 bits per heavy atom. The molecule has 1 aliphatic heterocycles. The van der Waals surface area contributed by atoms with Gasteiger partial charge in [0.25, 0.3) is 0 Å². The zero-order chi connectivity index (χ0) is 17.5. The fourth-order valence-electron chi connectivity index (χ4n) is 2.93. The van der Waals surface area contributed by atoms with Gasteiger partial charge < -0.3 is 14.8 Å². The van der Waals surface area contributed by atoms with E-state index in [0.717, 1.165) is 36.1 Å². The van der Waals surface area contributed by atoms with Crippen LogP contribution in [-0.2, 0) is 22.6 Å². The van der Waals surface area contributed by atoms with Crippen LogP contribution in [0.1, 0.15) is 35.1 Å². The third-order valence-corrected chi connectivity index (χ3v) is 4.32. The Balaban J connectivity index is 1.55. The molecule has 1 unspecified atom stereocenters. The molecule has 1 fully saturated rings. The molecule has 25 heavy (non-hydrogen) atoms. The second-order valence-corrected chi connectivity index (χ2v) is 6.29. The quantitative estimate of drug-likeness (QED) is 0.836. The van der Waals surface area contributed by atoms with Crippen LogP contribution in [-0.4, -0.2) is 24.3 Å². The van der Waals surface area contributed by atoms with E-state index in [1.54, 1.807) is 6.20 Å². The summed E-state index contributed by atoms with van der Waals surface area (Å²) in [6, 6.07) is 12.3. The molecule has 0 radical (unpaired) electrons. The molecule has 1 aliphatic rings. The van der Waals surface area contributed by atoms with Gasteiger partial charge in [-0.3, -0.25) is 0 Å². The molecular formula is C20H23N3O2. The van der Waals surface area contributed by atoms with Crippen LogP contribution >= 0.6 is 0 Å². The Labute approximate surface area is 148 Å². The van der Waals surface area contributed by atoms with Gasteiger partial charge in [0, 0.05) is 19.3 Å². The summed E-state index contributed by atoms with van der Waals surface area (Å²) in [5.74, 6) is 0.627. The van der Waals surface area contributed by atoms with E-state index in [9.17, 15) is 5.26 Å². The maximum atomic E-state index is 9.27. The van der Waals surface area contributed by atoms with Crippen LogP contribution < -0.4 is 5.32 Å². The van der Waals surface area contributed by atoms with Gasteiger partial charge in [0.05, 0.1) is 24.9 Å². The van der Waals surface area contributed by atoms with Crippen LogP contribution in [0.2, 0.25) is 0 Å². The third kappa shape index (κ3) is 4.79. The molecule has 2 heterocycles. The van der Waals surface area contributed by atoms with E-state index < -0.39 is 0 Å². The molecule has 1 aromatic carbocycles. The number of pyridine rings is 1. The number of anilines is 1. The highest BCUT2D eigenvalue weighted by Crippen LogP contribution is 2.17. The number of aromatic nitrogens is 1. The topological polar surface area (TPSA) is 67.2 Å². The van der Waals surface area contributed by atoms with E-state index in [4.69, 9.17) is 9.47 Å². The largest absolute Gasteiger partial charge is 0.376 e. The van der Waals surface area contributed by atoms with Crippen molar-refractivity contribution in [1.29, 1.82) is 5.26 Å². The van der Waals surface area contributed by atoms with E-state index in [-0.39, 0.29) is 6.10 Å². The number of benzene rings is 1. The van der Waals surface area contributed by atoms with Crippen molar-refractivity contribution in [1.82, 2.24) is 4.98 Å². The molecule has 130 valence electrons. The maximum absolute atomic E-state index is 9.27. The van der Waals surface area contributed by atoms with E-state index in [1.807, 2.05) is 19.1 Å². The highest BCUT2D eigenvalue weighted by molar-refractivity contribution is 5.55. The molecule has 2 aromatic rings. The molecule has 5 heteroatoms. The van der Waals surface area contributed by atoms with Crippen molar-refractivity contribution < 1.29 is 9.47 Å². The van der Waals surface area contributed by atoms with Gasteiger partial charge in [0.1, 0.15) is 11.9 Å². The molecule has 0 aliphatic carbocycles. The first-order valence-corrected chi connectivity index (χ1v) is 8.63. The predicted octanol–water partition coefficient (Wildman–Crippen LogP) is 3.57. The van der Waals surface area contributed by atoms with Gasteiger partial charge in [0.2, 0.25) is 0 Å². The molecule has 1 atom stereocenters. The van der Waals surface area contributed by atoms with E-state index in [0.29, 0.717) is 31.1 Å². The fourth-order valence-corrected chi connectivity index (χ4v) is 2.93. The van der Waals surface area contributed by atoms with Crippen molar-refractivity contribution in [2.75, 3.05) is 18.5 Å². The molecule has 0 amide bonds. The Morgan fingerprint density at radius 2 is 2.24 bits per heavy atom. The minimum atomic E-state index is 0.252. The summed E-state index contributed by atoms with van der Waals surface area (Å²) in [5.41, 5.74) is 3.79. The average Bonchev–Trinajstić information content (AvgIpc) is 3.14. The van der Waals surface area contributed by atoms with Crippen LogP contribution in [0, 0.1) is 18.3 Å². The normalized spacial score (nSPS) is 16.6. The molecule has 5 nitrogen and oxygen atoms in total. The van der Waals surface area contributed by atoms with E-state index >= 15 is 0 Å². The van der Waals surface area contributed by atoms with Gasteiger partial charge in [0.15, 0.2) is 0 Å². The Kier molecular flexibility index (Phi) is 5.99. The Morgan fingerprint density at radius 1 is 1.36 bits per heavy atom. The number of aryl methyl sites for hydroxylation is 1. The molecular weight excluding hydrogens is 314 g/mol. The van der Waals surface area contributed by atoms with E-state index in [1.165, 1.54) is 0 Å². The number of rotatable bonds is 7. The smallest absolute Gasteiger partial charge is 0.144 e. The van der Waals surface area contributed by atoms with Crippen LogP contribution in [0.15, 0.2) is 36.5 Å². The second kappa shape index (κ2) is 8.61. The lowest BCUT2D eigenvalue weighted by atomic mass is 10.1. The van der Waals surface area contributed by atoms with Gasteiger partial charge in [-0.1, -0.05) is 24.3 Å². The fraction of sp³-hybridized carbons (Fsp3) is 0.400. The predicted molar refractivity (Wildman–Crippen MR) is 96.1 cm³/mol. The first kappa shape index (κ1) is 17.4. The van der Waals surface area contributed by atoms with Gasteiger partial charge in [-0.05, 0) is 42.5 Å². The molecule has 3 rings (SSSR count). The van der Waals surface area contributed by atoms with Gasteiger partial charge in [-0.2, -0.15) is 5.26 Å². The summed E-state index contributed by atoms with van der Waals surface area (Å²) >= 11 is 0. The number of nitrogens with zero attached hydrogens (tertiary/aromatic N) is 2. The summed E-state index contributed by atoms with van der Waals surface area (Å²) < 4.78 is 11.3. The zero-order valence-corrected chi connectivity index (χ0v) is 14.5. The van der Waals surface area contributed by atoms with Gasteiger partial charge in [-0.25, -0.2) is 4.98 Å². The van der Waals surface area contributed by atoms with Crippen LogP contribution in [0.25, 0.3) is 0 Å². The average molecular weight is 337 g/mol. The highest BCUT2D eigenvalue weighted by atomic mass is 16.5. The number of nitrogens with one attached hydrogen (secondary N) is 1. The molecule has 1 N–H and O–H groups in total. The van der Waals surface area contributed by atoms with Crippen molar-refractivity contribution in [2.24, 2.45) is 0 Å². The number of hydrogen-bond acceptors (Lipinski definition) is 5. The number of nitriles is 1. The summed E-state index contributed by atoms with van der Waals surface area (Å²) in [6.07, 6.45) is 4.19. The SMILES string of the molecule is Cc1ccnc(NCc2cccc(COCC3CCCO3)c2)c1C#N. The van der Waals surface area contributed by atoms with Crippen molar-refractivity contribution >= 4 is 5.82 Å². The van der Waals surface area contributed by atoms with Crippen molar-refractivity contribution in [2.45, 2.75) is 39.0 Å². The van der Waals surface area contributed by atoms with Gasteiger partial charge in [-0.15, -0.1) is 0 Å². The van der Waals surface area contributed by atoms with E-state index in [2.05, 4.69) is 34.6 Å². The second-order valence-electron chi connectivity index (χ2n) is 6.29. The summed E-state index contributed by atoms with van der Waals surface area (Å²) in [4.78, 5) is 4.27. The summed E-state index contributed by atoms with van der Waals surface area (Å²) in [5, 5.41) is 12.5. The number of ether oxygens (including phenoxy) is 2. The van der Waals surface area contributed by atoms with Crippen molar-refractivity contribution in [3.63, 3.8) is 0 Å². The number of hydrogen-bond donors (Lipinski definition) is 1. The molecule has 1 saturated heterocycles. The zero-order valence-electron chi connectivity index (χ0n) is 14.5.